The molecule has 0 unspecified atom stereocenters. The molecule has 1 aromatic heterocycles. The quantitative estimate of drug-likeness (QED) is 0.743. The van der Waals surface area contributed by atoms with Crippen LogP contribution < -0.4 is 9.12 Å². The van der Waals surface area contributed by atoms with Gasteiger partial charge in [0.1, 0.15) is 16.4 Å². The Morgan fingerprint density at radius 1 is 1.14 bits per heavy atom. The standard InChI is InChI=1S/C13H8O6S2/c14-9-3-1-2-4-12(9)21(16,17)19-8-5-6-11-10(7-8)18-13(15)20-11/h1-7,14H. The number of rotatable bonds is 3. The summed E-state index contributed by atoms with van der Waals surface area (Å²) in [7, 11) is -4.17. The number of hydrogen-bond acceptors (Lipinski definition) is 7. The fourth-order valence-corrected chi connectivity index (χ4v) is 3.41. The van der Waals surface area contributed by atoms with Crippen molar-refractivity contribution in [3.05, 3.63) is 52.2 Å². The van der Waals surface area contributed by atoms with E-state index in [4.69, 9.17) is 8.60 Å². The average Bonchev–Trinajstić information content (AvgIpc) is 2.78. The lowest BCUT2D eigenvalue weighted by atomic mass is 10.3. The van der Waals surface area contributed by atoms with E-state index in [2.05, 4.69) is 0 Å². The zero-order valence-corrected chi connectivity index (χ0v) is 12.0. The molecule has 0 bridgehead atoms. The van der Waals surface area contributed by atoms with Crippen molar-refractivity contribution in [2.75, 3.05) is 0 Å². The van der Waals surface area contributed by atoms with Crippen LogP contribution in [0.5, 0.6) is 11.5 Å². The smallest absolute Gasteiger partial charge is 0.396 e. The first-order valence-corrected chi connectivity index (χ1v) is 7.94. The minimum Gasteiger partial charge on any atom is -0.506 e. The van der Waals surface area contributed by atoms with Gasteiger partial charge in [-0.05, 0) is 24.3 Å². The third-order valence-electron chi connectivity index (χ3n) is 2.64. The summed E-state index contributed by atoms with van der Waals surface area (Å²) < 4.78 is 34.6. The molecule has 0 spiro atoms. The van der Waals surface area contributed by atoms with E-state index in [0.717, 1.165) is 11.3 Å². The van der Waals surface area contributed by atoms with Crippen LogP contribution in [0.15, 0.2) is 56.6 Å². The third kappa shape index (κ3) is 2.63. The van der Waals surface area contributed by atoms with Gasteiger partial charge in [0.15, 0.2) is 5.58 Å². The molecule has 0 saturated heterocycles. The minimum absolute atomic E-state index is 0.00713. The summed E-state index contributed by atoms with van der Waals surface area (Å²) in [6.45, 7) is 0. The molecular weight excluding hydrogens is 316 g/mol. The molecule has 0 aliphatic carbocycles. The van der Waals surface area contributed by atoms with Gasteiger partial charge in [-0.1, -0.05) is 23.5 Å². The maximum absolute atomic E-state index is 12.1. The molecule has 6 nitrogen and oxygen atoms in total. The lowest BCUT2D eigenvalue weighted by molar-refractivity contribution is 0.445. The van der Waals surface area contributed by atoms with E-state index in [-0.39, 0.29) is 16.2 Å². The van der Waals surface area contributed by atoms with Crippen LogP contribution in [0.1, 0.15) is 0 Å². The number of phenols is 1. The van der Waals surface area contributed by atoms with Gasteiger partial charge in [0.05, 0.1) is 4.70 Å². The summed E-state index contributed by atoms with van der Waals surface area (Å²) in [5, 5.41) is 9.58. The van der Waals surface area contributed by atoms with Crippen molar-refractivity contribution in [1.29, 1.82) is 0 Å². The Bertz CT molecular complexity index is 967. The van der Waals surface area contributed by atoms with Crippen molar-refractivity contribution < 1.29 is 22.1 Å². The zero-order chi connectivity index (χ0) is 15.0. The molecule has 0 fully saturated rings. The lowest BCUT2D eigenvalue weighted by Crippen LogP contribution is -2.09. The molecule has 0 aliphatic heterocycles. The zero-order valence-electron chi connectivity index (χ0n) is 10.3. The molecule has 0 atom stereocenters. The van der Waals surface area contributed by atoms with E-state index in [1.54, 1.807) is 0 Å². The summed E-state index contributed by atoms with van der Waals surface area (Å²) in [6, 6.07) is 9.69. The topological polar surface area (TPSA) is 93.8 Å². The summed E-state index contributed by atoms with van der Waals surface area (Å²) in [5.41, 5.74) is 0.245. The first kappa shape index (κ1) is 13.7. The first-order chi connectivity index (χ1) is 9.95. The third-order valence-corrected chi connectivity index (χ3v) is 4.75. The number of benzene rings is 2. The van der Waals surface area contributed by atoms with Crippen LogP contribution in [0.3, 0.4) is 0 Å². The van der Waals surface area contributed by atoms with E-state index >= 15 is 0 Å². The highest BCUT2D eigenvalue weighted by atomic mass is 32.2. The van der Waals surface area contributed by atoms with Gasteiger partial charge >= 0.3 is 15.1 Å². The monoisotopic (exact) mass is 324 g/mol. The van der Waals surface area contributed by atoms with Crippen LogP contribution in [0.25, 0.3) is 10.3 Å². The van der Waals surface area contributed by atoms with Gasteiger partial charge in [0.25, 0.3) is 0 Å². The highest BCUT2D eigenvalue weighted by molar-refractivity contribution is 7.87. The summed E-state index contributed by atoms with van der Waals surface area (Å²) in [4.78, 5) is 10.3. The molecule has 2 aromatic carbocycles. The summed E-state index contributed by atoms with van der Waals surface area (Å²) in [5.74, 6) is -0.409. The van der Waals surface area contributed by atoms with Crippen LogP contribution in [-0.2, 0) is 10.1 Å². The van der Waals surface area contributed by atoms with Crippen molar-refractivity contribution in [1.82, 2.24) is 0 Å². The molecule has 8 heteroatoms. The van der Waals surface area contributed by atoms with Gasteiger partial charge in [-0.2, -0.15) is 8.42 Å². The van der Waals surface area contributed by atoms with E-state index in [1.807, 2.05) is 0 Å². The van der Waals surface area contributed by atoms with Gasteiger partial charge in [0, 0.05) is 6.07 Å². The highest BCUT2D eigenvalue weighted by Gasteiger charge is 2.21. The second-order valence-corrected chi connectivity index (χ2v) is 6.56. The number of fused-ring (bicyclic) bond motifs is 1. The lowest BCUT2D eigenvalue weighted by Gasteiger charge is -2.07. The Morgan fingerprint density at radius 3 is 2.67 bits per heavy atom. The van der Waals surface area contributed by atoms with E-state index in [1.165, 1.54) is 42.5 Å². The molecule has 1 N–H and O–H groups in total. The molecule has 0 amide bonds. The molecule has 1 heterocycles. The Labute approximate surface area is 123 Å². The second-order valence-electron chi connectivity index (χ2n) is 4.07. The average molecular weight is 324 g/mol. The number of para-hydroxylation sites is 1. The van der Waals surface area contributed by atoms with Crippen molar-refractivity contribution in [2.24, 2.45) is 0 Å². The Hall–Kier alpha value is -2.32. The SMILES string of the molecule is O=c1oc2cc(OS(=O)(=O)c3ccccc3O)ccc2s1. The van der Waals surface area contributed by atoms with Crippen LogP contribution in [0.2, 0.25) is 0 Å². The fourth-order valence-electron chi connectivity index (χ4n) is 1.74. The Kier molecular flexibility index (Phi) is 3.19. The van der Waals surface area contributed by atoms with E-state index in [9.17, 15) is 18.3 Å². The highest BCUT2D eigenvalue weighted by Crippen LogP contribution is 2.28. The largest absolute Gasteiger partial charge is 0.506 e. The normalized spacial score (nSPS) is 11.6. The van der Waals surface area contributed by atoms with Crippen LogP contribution in [-0.4, -0.2) is 13.5 Å². The molecule has 108 valence electrons. The second kappa shape index (κ2) is 4.90. The van der Waals surface area contributed by atoms with Crippen molar-refractivity contribution in [2.45, 2.75) is 4.90 Å². The number of aromatic hydroxyl groups is 1. The van der Waals surface area contributed by atoms with Crippen molar-refractivity contribution in [3.8, 4) is 11.5 Å². The molecular formula is C13H8O6S2. The summed E-state index contributed by atoms with van der Waals surface area (Å²) in [6.07, 6.45) is 0. The van der Waals surface area contributed by atoms with Crippen LogP contribution >= 0.6 is 11.3 Å². The minimum atomic E-state index is -4.17. The van der Waals surface area contributed by atoms with E-state index in [0.29, 0.717) is 4.70 Å². The molecule has 3 rings (SSSR count). The summed E-state index contributed by atoms with van der Waals surface area (Å²) >= 11 is 0.910. The van der Waals surface area contributed by atoms with Crippen molar-refractivity contribution >= 4 is 31.7 Å². The predicted octanol–water partition coefficient (Wildman–Crippen LogP) is 2.33. The Morgan fingerprint density at radius 2 is 1.90 bits per heavy atom. The van der Waals surface area contributed by atoms with Gasteiger partial charge in [0.2, 0.25) is 0 Å². The van der Waals surface area contributed by atoms with Gasteiger partial charge in [-0.15, -0.1) is 0 Å². The van der Waals surface area contributed by atoms with Gasteiger partial charge < -0.3 is 13.7 Å². The van der Waals surface area contributed by atoms with Gasteiger partial charge in [-0.25, -0.2) is 4.79 Å². The van der Waals surface area contributed by atoms with Crippen molar-refractivity contribution in [3.63, 3.8) is 0 Å². The molecule has 21 heavy (non-hydrogen) atoms. The van der Waals surface area contributed by atoms with Crippen LogP contribution in [0.4, 0.5) is 0 Å². The van der Waals surface area contributed by atoms with Crippen LogP contribution in [0, 0.1) is 0 Å². The van der Waals surface area contributed by atoms with E-state index < -0.39 is 20.8 Å². The maximum atomic E-state index is 12.1. The Balaban J connectivity index is 2.01. The number of phenolic OH excluding ortho intramolecular Hbond substituents is 1. The molecule has 0 aliphatic rings. The van der Waals surface area contributed by atoms with Gasteiger partial charge in [-0.3, -0.25) is 0 Å². The molecule has 0 radical (unpaired) electrons. The maximum Gasteiger partial charge on any atom is 0.396 e. The molecule has 0 saturated carbocycles. The first-order valence-electron chi connectivity index (χ1n) is 5.72. The number of hydrogen-bond donors (Lipinski definition) is 1. The predicted molar refractivity (Wildman–Crippen MR) is 76.3 cm³/mol. The fraction of sp³-hybridized carbons (Fsp3) is 0. The molecule has 3 aromatic rings.